The Kier molecular flexibility index (Phi) is 5.28. The maximum atomic E-state index is 5.93. The van der Waals surface area contributed by atoms with E-state index in [-0.39, 0.29) is 6.10 Å². The van der Waals surface area contributed by atoms with E-state index >= 15 is 0 Å². The molecule has 1 saturated heterocycles. The lowest BCUT2D eigenvalue weighted by atomic mass is 10.2. The number of aromatic nitrogens is 1. The van der Waals surface area contributed by atoms with Crippen LogP contribution >= 0.6 is 0 Å². The van der Waals surface area contributed by atoms with Gasteiger partial charge >= 0.3 is 0 Å². The van der Waals surface area contributed by atoms with Crippen molar-refractivity contribution < 1.29 is 4.74 Å². The van der Waals surface area contributed by atoms with Crippen molar-refractivity contribution >= 4 is 11.5 Å². The molecule has 0 aliphatic carbocycles. The van der Waals surface area contributed by atoms with Crippen LogP contribution in [-0.4, -0.2) is 48.2 Å². The summed E-state index contributed by atoms with van der Waals surface area (Å²) in [6.45, 7) is 12.7. The zero-order valence-corrected chi connectivity index (χ0v) is 13.7. The van der Waals surface area contributed by atoms with Crippen molar-refractivity contribution in [3.05, 3.63) is 12.1 Å². The van der Waals surface area contributed by atoms with Gasteiger partial charge in [0.1, 0.15) is 5.82 Å². The van der Waals surface area contributed by atoms with Crippen LogP contribution in [0, 0.1) is 0 Å². The summed E-state index contributed by atoms with van der Waals surface area (Å²) in [4.78, 5) is 9.44. The van der Waals surface area contributed by atoms with E-state index in [1.165, 1.54) is 6.42 Å². The molecule has 1 atom stereocenters. The first-order valence-corrected chi connectivity index (χ1v) is 7.93. The molecule has 0 saturated carbocycles. The quantitative estimate of drug-likeness (QED) is 0.903. The van der Waals surface area contributed by atoms with Crippen LogP contribution in [0.25, 0.3) is 0 Å². The van der Waals surface area contributed by atoms with Crippen LogP contribution in [0.5, 0.6) is 5.88 Å². The minimum Gasteiger partial charge on any atom is -0.473 e. The van der Waals surface area contributed by atoms with E-state index in [9.17, 15) is 0 Å². The van der Waals surface area contributed by atoms with Crippen molar-refractivity contribution in [1.82, 2.24) is 9.88 Å². The second-order valence-corrected chi connectivity index (χ2v) is 6.01. The first-order chi connectivity index (χ1) is 10.0. The van der Waals surface area contributed by atoms with E-state index < -0.39 is 0 Å². The average molecular weight is 292 g/mol. The molecule has 21 heavy (non-hydrogen) atoms. The molecule has 0 spiro atoms. The van der Waals surface area contributed by atoms with Gasteiger partial charge in [-0.3, -0.25) is 4.90 Å². The molecular weight excluding hydrogens is 264 g/mol. The molecule has 0 bridgehead atoms. The number of hydrogen-bond donors (Lipinski definition) is 1. The van der Waals surface area contributed by atoms with E-state index in [0.29, 0.717) is 17.6 Å². The molecule has 0 amide bonds. The fraction of sp³-hybridized carbons (Fsp3) is 0.688. The summed E-state index contributed by atoms with van der Waals surface area (Å²) in [5.74, 6) is 1.51. The molecule has 2 N–H and O–H groups in total. The fourth-order valence-electron chi connectivity index (χ4n) is 2.59. The summed E-state index contributed by atoms with van der Waals surface area (Å²) in [6.07, 6.45) is 1.28. The third-order valence-electron chi connectivity index (χ3n) is 4.07. The third kappa shape index (κ3) is 4.00. The van der Waals surface area contributed by atoms with Gasteiger partial charge in [-0.15, -0.1) is 0 Å². The van der Waals surface area contributed by atoms with Gasteiger partial charge in [0.25, 0.3) is 0 Å². The highest BCUT2D eigenvalue weighted by Gasteiger charge is 2.21. The second-order valence-electron chi connectivity index (χ2n) is 6.01. The largest absolute Gasteiger partial charge is 0.473 e. The Hall–Kier alpha value is -1.49. The number of nitrogen functional groups attached to an aromatic ring is 1. The molecule has 1 unspecified atom stereocenters. The third-order valence-corrected chi connectivity index (χ3v) is 4.07. The predicted molar refractivity (Wildman–Crippen MR) is 88.0 cm³/mol. The number of ether oxygens (including phenoxy) is 1. The summed E-state index contributed by atoms with van der Waals surface area (Å²) in [6, 6.07) is 4.54. The van der Waals surface area contributed by atoms with Gasteiger partial charge in [-0.05, 0) is 39.3 Å². The maximum absolute atomic E-state index is 5.93. The van der Waals surface area contributed by atoms with Crippen LogP contribution in [0.1, 0.15) is 34.1 Å². The molecule has 0 radical (unpaired) electrons. The monoisotopic (exact) mass is 292 g/mol. The van der Waals surface area contributed by atoms with E-state index in [2.05, 4.69) is 28.6 Å². The van der Waals surface area contributed by atoms with Crippen LogP contribution in [0.4, 0.5) is 11.5 Å². The predicted octanol–water partition coefficient (Wildman–Crippen LogP) is 2.37. The number of pyridine rings is 1. The van der Waals surface area contributed by atoms with Gasteiger partial charge in [-0.1, -0.05) is 6.92 Å². The molecule has 5 nitrogen and oxygen atoms in total. The topological polar surface area (TPSA) is 54.6 Å². The zero-order valence-electron chi connectivity index (χ0n) is 13.7. The van der Waals surface area contributed by atoms with Gasteiger partial charge in [-0.25, -0.2) is 0 Å². The normalized spacial score (nSPS) is 18.0. The summed E-state index contributed by atoms with van der Waals surface area (Å²) in [5.41, 5.74) is 6.54. The number of anilines is 2. The minimum atomic E-state index is 0.0808. The van der Waals surface area contributed by atoms with Gasteiger partial charge in [0.15, 0.2) is 0 Å². The van der Waals surface area contributed by atoms with Gasteiger partial charge < -0.3 is 15.4 Å². The van der Waals surface area contributed by atoms with E-state index in [0.717, 1.165) is 32.0 Å². The molecular formula is C16H28N4O. The minimum absolute atomic E-state index is 0.0808. The maximum Gasteiger partial charge on any atom is 0.239 e. The molecule has 2 heterocycles. The summed E-state index contributed by atoms with van der Waals surface area (Å²) >= 11 is 0. The first kappa shape index (κ1) is 15.9. The Bertz CT molecular complexity index is 456. The van der Waals surface area contributed by atoms with Crippen molar-refractivity contribution in [3.8, 4) is 5.88 Å². The van der Waals surface area contributed by atoms with Crippen molar-refractivity contribution in [2.24, 2.45) is 0 Å². The van der Waals surface area contributed by atoms with E-state index in [4.69, 9.17) is 10.5 Å². The van der Waals surface area contributed by atoms with Crippen LogP contribution in [0.15, 0.2) is 12.1 Å². The Morgan fingerprint density at radius 1 is 1.19 bits per heavy atom. The summed E-state index contributed by atoms with van der Waals surface area (Å²) in [5, 5.41) is 0. The summed E-state index contributed by atoms with van der Waals surface area (Å²) < 4.78 is 5.68. The Morgan fingerprint density at radius 2 is 1.86 bits per heavy atom. The molecule has 1 aliphatic rings. The van der Waals surface area contributed by atoms with Gasteiger partial charge in [-0.2, -0.15) is 4.98 Å². The molecule has 1 fully saturated rings. The lowest BCUT2D eigenvalue weighted by Crippen LogP contribution is -2.49. The average Bonchev–Trinajstić information content (AvgIpc) is 2.48. The smallest absolute Gasteiger partial charge is 0.239 e. The number of rotatable bonds is 5. The van der Waals surface area contributed by atoms with Crippen molar-refractivity contribution in [2.45, 2.75) is 46.3 Å². The highest BCUT2D eigenvalue weighted by Crippen LogP contribution is 2.25. The van der Waals surface area contributed by atoms with Crippen LogP contribution in [-0.2, 0) is 0 Å². The number of hydrogen-bond acceptors (Lipinski definition) is 5. The second kappa shape index (κ2) is 6.98. The standard InChI is InChI=1S/C16H28N4O/c1-5-13(4)19-8-10-20(11-9-19)15-7-6-14(17)16(18-15)21-12(2)3/h6-7,12-13H,5,8-11,17H2,1-4H3. The Morgan fingerprint density at radius 3 is 2.43 bits per heavy atom. The van der Waals surface area contributed by atoms with Crippen LogP contribution in [0.2, 0.25) is 0 Å². The van der Waals surface area contributed by atoms with Gasteiger partial charge in [0.05, 0.1) is 11.8 Å². The first-order valence-electron chi connectivity index (χ1n) is 7.93. The fourth-order valence-corrected chi connectivity index (χ4v) is 2.59. The number of piperazine rings is 1. The molecule has 0 aromatic carbocycles. The zero-order chi connectivity index (χ0) is 15.4. The molecule has 118 valence electrons. The summed E-state index contributed by atoms with van der Waals surface area (Å²) in [7, 11) is 0. The molecule has 1 aromatic rings. The Labute approximate surface area is 128 Å². The van der Waals surface area contributed by atoms with Crippen molar-refractivity contribution in [1.29, 1.82) is 0 Å². The van der Waals surface area contributed by atoms with Gasteiger partial charge in [0.2, 0.25) is 5.88 Å². The van der Waals surface area contributed by atoms with E-state index in [1.807, 2.05) is 26.0 Å². The molecule has 2 rings (SSSR count). The highest BCUT2D eigenvalue weighted by atomic mass is 16.5. The Balaban J connectivity index is 2.03. The number of nitrogens with zero attached hydrogens (tertiary/aromatic N) is 3. The molecule has 5 heteroatoms. The molecule has 1 aromatic heterocycles. The highest BCUT2D eigenvalue weighted by molar-refractivity contribution is 5.54. The van der Waals surface area contributed by atoms with E-state index in [1.54, 1.807) is 0 Å². The lowest BCUT2D eigenvalue weighted by Gasteiger charge is -2.38. The molecule has 1 aliphatic heterocycles. The SMILES string of the molecule is CCC(C)N1CCN(c2ccc(N)c(OC(C)C)n2)CC1. The van der Waals surface area contributed by atoms with Crippen molar-refractivity contribution in [3.63, 3.8) is 0 Å². The van der Waals surface area contributed by atoms with Crippen LogP contribution in [0.3, 0.4) is 0 Å². The number of nitrogens with two attached hydrogens (primary N) is 1. The van der Waals surface area contributed by atoms with Crippen molar-refractivity contribution in [2.75, 3.05) is 36.8 Å². The lowest BCUT2D eigenvalue weighted by molar-refractivity contribution is 0.192. The van der Waals surface area contributed by atoms with Crippen LogP contribution < -0.4 is 15.4 Å². The van der Waals surface area contributed by atoms with Gasteiger partial charge in [0, 0.05) is 32.2 Å².